The van der Waals surface area contributed by atoms with E-state index in [0.717, 1.165) is 30.8 Å². The van der Waals surface area contributed by atoms with E-state index in [1.165, 1.54) is 41.6 Å². The van der Waals surface area contributed by atoms with Crippen molar-refractivity contribution in [1.82, 2.24) is 5.32 Å². The molecule has 138 valence electrons. The Balaban J connectivity index is 2.60. The third-order valence-electron chi connectivity index (χ3n) is 3.64. The van der Waals surface area contributed by atoms with Crippen molar-refractivity contribution in [3.8, 4) is 0 Å². The molecule has 0 saturated carbocycles. The average Bonchev–Trinajstić information content (AvgIpc) is 2.54. The molecule has 0 heterocycles. The Morgan fingerprint density at radius 2 is 1.80 bits per heavy atom. The summed E-state index contributed by atoms with van der Waals surface area (Å²) in [6, 6.07) is 8.46. The van der Waals surface area contributed by atoms with Gasteiger partial charge < -0.3 is 16.8 Å². The number of benzene rings is 1. The first-order valence-corrected chi connectivity index (χ1v) is 10.1. The fourth-order valence-corrected chi connectivity index (χ4v) is 3.68. The number of carbonyl (C=O) groups excluding carboxylic acids is 1. The molecule has 1 aromatic rings. The van der Waals surface area contributed by atoms with E-state index in [-0.39, 0.29) is 16.2 Å². The largest absolute Gasteiger partial charge is 0.379 e. The Morgan fingerprint density at radius 3 is 2.36 bits per heavy atom. The first kappa shape index (κ1) is 21.4. The molecule has 0 aliphatic rings. The van der Waals surface area contributed by atoms with Crippen LogP contribution < -0.4 is 16.8 Å². The normalized spacial score (nSPS) is 11.7. The van der Waals surface area contributed by atoms with E-state index in [4.69, 9.17) is 22.3 Å². The first-order valence-electron chi connectivity index (χ1n) is 8.15. The van der Waals surface area contributed by atoms with Gasteiger partial charge in [-0.1, -0.05) is 47.8 Å². The first-order chi connectivity index (χ1) is 11.9. The number of hydrogen-bond acceptors (Lipinski definition) is 5. The smallest absolute Gasteiger partial charge is 0.216 e. The Kier molecular flexibility index (Phi) is 10.1. The van der Waals surface area contributed by atoms with E-state index in [2.05, 4.69) is 29.6 Å². The van der Waals surface area contributed by atoms with Crippen molar-refractivity contribution in [3.63, 3.8) is 0 Å². The van der Waals surface area contributed by atoms with E-state index in [0.29, 0.717) is 12.5 Å². The summed E-state index contributed by atoms with van der Waals surface area (Å²) >= 11 is 2.70. The van der Waals surface area contributed by atoms with Crippen LogP contribution in [0.4, 0.5) is 0 Å². The quantitative estimate of drug-likeness (QED) is 0.241. The number of hydrogen-bond donors (Lipinski definition) is 5. The molecule has 0 bridgehead atoms. The molecule has 8 heteroatoms. The number of thioether (sulfide) groups is 2. The number of aryl methyl sites for hydroxylation is 1. The standard InChI is InChI=1S/C17H27N5OS2/c1-12(23)22-9-2-3-15(11-25-17(20)21)14-6-4-13(5-7-14)8-10-24-16(18)19/h4-7,15H,2-3,8-11H2,1H3,(H3,18,19)(H3,20,21)(H,22,23)/t15-/m0/s1. The summed E-state index contributed by atoms with van der Waals surface area (Å²) in [5, 5.41) is 17.7. The molecule has 0 radical (unpaired) electrons. The van der Waals surface area contributed by atoms with Crippen LogP contribution in [0.1, 0.15) is 36.8 Å². The van der Waals surface area contributed by atoms with Gasteiger partial charge in [0.2, 0.25) is 5.91 Å². The number of nitrogens with one attached hydrogen (secondary N) is 3. The van der Waals surface area contributed by atoms with Gasteiger partial charge in [0, 0.05) is 25.0 Å². The predicted octanol–water partition coefficient (Wildman–Crippen LogP) is 2.48. The number of rotatable bonds is 10. The molecular weight excluding hydrogens is 354 g/mol. The molecule has 0 saturated heterocycles. The van der Waals surface area contributed by atoms with E-state index in [9.17, 15) is 4.79 Å². The lowest BCUT2D eigenvalue weighted by molar-refractivity contribution is -0.118. The predicted molar refractivity (Wildman–Crippen MR) is 110 cm³/mol. The Labute approximate surface area is 157 Å². The van der Waals surface area contributed by atoms with Gasteiger partial charge in [-0.2, -0.15) is 0 Å². The Morgan fingerprint density at radius 1 is 1.16 bits per heavy atom. The second kappa shape index (κ2) is 11.8. The van der Waals surface area contributed by atoms with Crippen molar-refractivity contribution in [2.75, 3.05) is 18.1 Å². The summed E-state index contributed by atoms with van der Waals surface area (Å²) in [5.41, 5.74) is 13.3. The highest BCUT2D eigenvalue weighted by Gasteiger charge is 2.13. The lowest BCUT2D eigenvalue weighted by Gasteiger charge is -2.17. The van der Waals surface area contributed by atoms with Crippen LogP contribution in [0.3, 0.4) is 0 Å². The van der Waals surface area contributed by atoms with Gasteiger partial charge in [-0.3, -0.25) is 15.6 Å². The van der Waals surface area contributed by atoms with Gasteiger partial charge in [0.25, 0.3) is 0 Å². The van der Waals surface area contributed by atoms with Crippen LogP contribution in [-0.2, 0) is 11.2 Å². The number of carbonyl (C=O) groups is 1. The van der Waals surface area contributed by atoms with Crippen LogP contribution in [0, 0.1) is 10.8 Å². The van der Waals surface area contributed by atoms with E-state index < -0.39 is 0 Å². The second-order valence-electron chi connectivity index (χ2n) is 5.70. The lowest BCUT2D eigenvalue weighted by Crippen LogP contribution is -2.21. The molecule has 0 unspecified atom stereocenters. The second-order valence-corrected chi connectivity index (χ2v) is 7.90. The summed E-state index contributed by atoms with van der Waals surface area (Å²) in [4.78, 5) is 11.0. The molecule has 0 fully saturated rings. The minimum Gasteiger partial charge on any atom is -0.379 e. The number of amidine groups is 2. The molecular formula is C17H27N5OS2. The van der Waals surface area contributed by atoms with Crippen molar-refractivity contribution >= 4 is 39.8 Å². The maximum atomic E-state index is 11.0. The maximum Gasteiger partial charge on any atom is 0.216 e. The molecule has 7 N–H and O–H groups in total. The van der Waals surface area contributed by atoms with Gasteiger partial charge in [-0.15, -0.1) is 0 Å². The minimum atomic E-state index is -0.0116. The van der Waals surface area contributed by atoms with Crippen molar-refractivity contribution in [3.05, 3.63) is 35.4 Å². The van der Waals surface area contributed by atoms with Crippen LogP contribution in [0.25, 0.3) is 0 Å². The van der Waals surface area contributed by atoms with Gasteiger partial charge in [0.1, 0.15) is 0 Å². The highest BCUT2D eigenvalue weighted by molar-refractivity contribution is 8.13. The molecule has 0 aromatic heterocycles. The fourth-order valence-electron chi connectivity index (χ4n) is 2.38. The molecule has 0 aliphatic heterocycles. The maximum absolute atomic E-state index is 11.0. The van der Waals surface area contributed by atoms with Crippen molar-refractivity contribution in [2.45, 2.75) is 32.1 Å². The molecule has 0 spiro atoms. The van der Waals surface area contributed by atoms with Gasteiger partial charge in [0.15, 0.2) is 10.3 Å². The summed E-state index contributed by atoms with van der Waals surface area (Å²) in [5.74, 6) is 1.84. The summed E-state index contributed by atoms with van der Waals surface area (Å²) in [6.07, 6.45) is 2.69. The van der Waals surface area contributed by atoms with Gasteiger partial charge >= 0.3 is 0 Å². The van der Waals surface area contributed by atoms with Gasteiger partial charge in [0.05, 0.1) is 0 Å². The van der Waals surface area contributed by atoms with Crippen LogP contribution in [0.15, 0.2) is 24.3 Å². The average molecular weight is 382 g/mol. The molecule has 1 rings (SSSR count). The summed E-state index contributed by atoms with van der Waals surface area (Å²) < 4.78 is 0. The minimum absolute atomic E-state index is 0.0116. The van der Waals surface area contributed by atoms with E-state index in [1.807, 2.05) is 0 Å². The molecule has 1 aromatic carbocycles. The fraction of sp³-hybridized carbons (Fsp3) is 0.471. The van der Waals surface area contributed by atoms with Crippen molar-refractivity contribution in [1.29, 1.82) is 10.8 Å². The molecule has 6 nitrogen and oxygen atoms in total. The zero-order chi connectivity index (χ0) is 18.7. The zero-order valence-electron chi connectivity index (χ0n) is 14.5. The number of nitrogens with two attached hydrogens (primary N) is 2. The molecule has 1 amide bonds. The highest BCUT2D eigenvalue weighted by atomic mass is 32.2. The molecule has 0 aliphatic carbocycles. The van der Waals surface area contributed by atoms with Gasteiger partial charge in [-0.25, -0.2) is 0 Å². The van der Waals surface area contributed by atoms with Crippen LogP contribution in [0.5, 0.6) is 0 Å². The Hall–Kier alpha value is -1.67. The SMILES string of the molecule is CC(=O)NCCC[C@@H](CSC(=N)N)c1ccc(CCSC(=N)N)cc1. The third-order valence-corrected chi connectivity index (χ3v) is 5.24. The lowest BCUT2D eigenvalue weighted by atomic mass is 9.95. The highest BCUT2D eigenvalue weighted by Crippen LogP contribution is 2.26. The molecule has 25 heavy (non-hydrogen) atoms. The van der Waals surface area contributed by atoms with E-state index in [1.54, 1.807) is 0 Å². The monoisotopic (exact) mass is 381 g/mol. The Bertz CT molecular complexity index is 577. The summed E-state index contributed by atoms with van der Waals surface area (Å²) in [7, 11) is 0. The van der Waals surface area contributed by atoms with Crippen LogP contribution >= 0.6 is 23.5 Å². The topological polar surface area (TPSA) is 129 Å². The zero-order valence-corrected chi connectivity index (χ0v) is 16.1. The van der Waals surface area contributed by atoms with Crippen LogP contribution in [-0.4, -0.2) is 34.3 Å². The van der Waals surface area contributed by atoms with Gasteiger partial charge in [-0.05, 0) is 36.3 Å². The third kappa shape index (κ3) is 10.0. The van der Waals surface area contributed by atoms with E-state index >= 15 is 0 Å². The van der Waals surface area contributed by atoms with Crippen molar-refractivity contribution in [2.24, 2.45) is 11.5 Å². The van der Waals surface area contributed by atoms with Crippen LogP contribution in [0.2, 0.25) is 0 Å². The number of amides is 1. The summed E-state index contributed by atoms with van der Waals surface area (Å²) in [6.45, 7) is 2.18. The molecule has 1 atom stereocenters. The van der Waals surface area contributed by atoms with Crippen molar-refractivity contribution < 1.29 is 4.79 Å².